The lowest BCUT2D eigenvalue weighted by molar-refractivity contribution is -0.147. The van der Waals surface area contributed by atoms with Gasteiger partial charge in [-0.1, -0.05) is 0 Å². The molecule has 31 heavy (non-hydrogen) atoms. The molecule has 170 valence electrons. The molecule has 10 heteroatoms. The van der Waals surface area contributed by atoms with Gasteiger partial charge in [-0.3, -0.25) is 9.59 Å². The Hall–Kier alpha value is -2.23. The second-order valence-corrected chi connectivity index (χ2v) is 8.80. The third-order valence-corrected chi connectivity index (χ3v) is 6.64. The predicted molar refractivity (Wildman–Crippen MR) is 106 cm³/mol. The molecular formula is C21H28F3N5O2. The molecule has 2 atom stereocenters. The minimum absolute atomic E-state index is 0.0313. The molecule has 0 spiro atoms. The number of piperazine rings is 1. The van der Waals surface area contributed by atoms with E-state index in [4.69, 9.17) is 0 Å². The summed E-state index contributed by atoms with van der Waals surface area (Å²) in [5.41, 5.74) is -0.516. The van der Waals surface area contributed by atoms with Crippen LogP contribution in [0.3, 0.4) is 0 Å². The Morgan fingerprint density at radius 2 is 1.71 bits per heavy atom. The number of fused-ring (bicyclic) bond motifs is 1. The van der Waals surface area contributed by atoms with Gasteiger partial charge >= 0.3 is 6.18 Å². The van der Waals surface area contributed by atoms with E-state index >= 15 is 0 Å². The number of hydrogen-bond donors (Lipinski definition) is 0. The maximum absolute atomic E-state index is 13.5. The first-order valence-electron chi connectivity index (χ1n) is 10.9. The number of likely N-dealkylation sites (tertiary alicyclic amines) is 1. The summed E-state index contributed by atoms with van der Waals surface area (Å²) in [4.78, 5) is 39.8. The number of nitrogens with zero attached hydrogens (tertiary/aromatic N) is 5. The van der Waals surface area contributed by atoms with Gasteiger partial charge in [0.2, 0.25) is 11.8 Å². The third-order valence-electron chi connectivity index (χ3n) is 6.64. The molecule has 3 heterocycles. The van der Waals surface area contributed by atoms with Crippen molar-refractivity contribution >= 4 is 11.8 Å². The normalized spacial score (nSPS) is 24.9. The summed E-state index contributed by atoms with van der Waals surface area (Å²) in [7, 11) is 2.01. The van der Waals surface area contributed by atoms with Crippen LogP contribution in [0.25, 0.3) is 0 Å². The monoisotopic (exact) mass is 439 g/mol. The van der Waals surface area contributed by atoms with E-state index in [9.17, 15) is 22.8 Å². The van der Waals surface area contributed by atoms with Crippen molar-refractivity contribution in [1.82, 2.24) is 24.7 Å². The van der Waals surface area contributed by atoms with Gasteiger partial charge in [0.1, 0.15) is 11.9 Å². The van der Waals surface area contributed by atoms with Crippen LogP contribution in [0.5, 0.6) is 0 Å². The quantitative estimate of drug-likeness (QED) is 0.701. The number of halogens is 3. The molecule has 0 saturated carbocycles. The summed E-state index contributed by atoms with van der Waals surface area (Å²) in [6, 6.07) is -0.506. The van der Waals surface area contributed by atoms with E-state index in [1.54, 1.807) is 4.90 Å². The van der Waals surface area contributed by atoms with Crippen molar-refractivity contribution in [3.05, 3.63) is 22.8 Å². The number of aryl methyl sites for hydroxylation is 2. The van der Waals surface area contributed by atoms with Crippen LogP contribution in [0.15, 0.2) is 0 Å². The number of alkyl halides is 3. The van der Waals surface area contributed by atoms with Gasteiger partial charge in [-0.15, -0.1) is 0 Å². The smallest absolute Gasteiger partial charge is 0.338 e. The number of likely N-dealkylation sites (N-methyl/N-ethyl adjacent to an activating group) is 1. The third kappa shape index (κ3) is 4.40. The minimum Gasteiger partial charge on any atom is -0.338 e. The van der Waals surface area contributed by atoms with E-state index in [1.807, 2.05) is 11.9 Å². The zero-order valence-corrected chi connectivity index (χ0v) is 17.9. The standard InChI is InChI=1S/C21H28F3N5O2/c1-13-25-16-6-5-14(12-15(16)18(26-13)21(22,23)24)19(30)29-7-3-4-17(29)20(31)28-10-8-27(2)9-11-28/h14,17H,3-12H2,1-2H3/t14-,17-/m0/s1. The fourth-order valence-electron chi connectivity index (χ4n) is 4.94. The van der Waals surface area contributed by atoms with Crippen LogP contribution in [0.2, 0.25) is 0 Å². The van der Waals surface area contributed by atoms with Gasteiger partial charge < -0.3 is 14.7 Å². The van der Waals surface area contributed by atoms with Crippen molar-refractivity contribution in [1.29, 1.82) is 0 Å². The topological polar surface area (TPSA) is 69.6 Å². The number of hydrogen-bond acceptors (Lipinski definition) is 5. The Kier molecular flexibility index (Phi) is 5.93. The number of rotatable bonds is 2. The molecule has 2 aliphatic heterocycles. The van der Waals surface area contributed by atoms with Crippen molar-refractivity contribution in [3.63, 3.8) is 0 Å². The second-order valence-electron chi connectivity index (χ2n) is 8.80. The van der Waals surface area contributed by atoms with Crippen LogP contribution >= 0.6 is 0 Å². The van der Waals surface area contributed by atoms with Crippen LogP contribution in [-0.2, 0) is 28.6 Å². The van der Waals surface area contributed by atoms with Crippen LogP contribution in [0.4, 0.5) is 13.2 Å². The Morgan fingerprint density at radius 1 is 1.00 bits per heavy atom. The molecule has 4 rings (SSSR count). The summed E-state index contributed by atoms with van der Waals surface area (Å²) in [6.07, 6.45) is -2.54. The fourth-order valence-corrected chi connectivity index (χ4v) is 4.94. The Balaban J connectivity index is 1.51. The van der Waals surface area contributed by atoms with E-state index in [1.165, 1.54) is 6.92 Å². The molecule has 1 aromatic rings. The van der Waals surface area contributed by atoms with Gasteiger partial charge in [0.15, 0.2) is 5.69 Å². The predicted octanol–water partition coefficient (Wildman–Crippen LogP) is 1.67. The first-order valence-corrected chi connectivity index (χ1v) is 10.9. The lowest BCUT2D eigenvalue weighted by atomic mass is 9.84. The van der Waals surface area contributed by atoms with E-state index in [0.717, 1.165) is 19.5 Å². The maximum Gasteiger partial charge on any atom is 0.433 e. The van der Waals surface area contributed by atoms with Crippen molar-refractivity contribution in [2.45, 2.75) is 51.2 Å². The molecule has 1 aliphatic carbocycles. The van der Waals surface area contributed by atoms with Crippen LogP contribution in [0, 0.1) is 12.8 Å². The summed E-state index contributed by atoms with van der Waals surface area (Å²) >= 11 is 0. The number of carbonyl (C=O) groups is 2. The van der Waals surface area contributed by atoms with Gasteiger partial charge in [0.05, 0.1) is 0 Å². The maximum atomic E-state index is 13.5. The van der Waals surface area contributed by atoms with Crippen molar-refractivity contribution in [2.75, 3.05) is 39.8 Å². The summed E-state index contributed by atoms with van der Waals surface area (Å²) in [5, 5.41) is 0. The van der Waals surface area contributed by atoms with Crippen molar-refractivity contribution in [2.24, 2.45) is 5.92 Å². The summed E-state index contributed by atoms with van der Waals surface area (Å²) in [5.74, 6) is -0.747. The number of aromatic nitrogens is 2. The number of amides is 2. The van der Waals surface area contributed by atoms with Crippen LogP contribution in [-0.4, -0.2) is 82.3 Å². The molecule has 1 aromatic heterocycles. The molecule has 0 unspecified atom stereocenters. The van der Waals surface area contributed by atoms with Gasteiger partial charge in [0, 0.05) is 49.9 Å². The highest BCUT2D eigenvalue weighted by Gasteiger charge is 2.43. The van der Waals surface area contributed by atoms with E-state index in [2.05, 4.69) is 14.9 Å². The molecule has 0 aromatic carbocycles. The first kappa shape index (κ1) is 22.0. The zero-order chi connectivity index (χ0) is 22.3. The Bertz CT molecular complexity index is 867. The minimum atomic E-state index is -4.59. The van der Waals surface area contributed by atoms with E-state index < -0.39 is 23.8 Å². The highest BCUT2D eigenvalue weighted by Crippen LogP contribution is 2.37. The molecule has 7 nitrogen and oxygen atoms in total. The van der Waals surface area contributed by atoms with Crippen LogP contribution < -0.4 is 0 Å². The molecule has 0 bridgehead atoms. The van der Waals surface area contributed by atoms with E-state index in [-0.39, 0.29) is 29.6 Å². The van der Waals surface area contributed by atoms with Gasteiger partial charge in [-0.05, 0) is 46.1 Å². The average Bonchev–Trinajstić information content (AvgIpc) is 3.21. The van der Waals surface area contributed by atoms with Crippen LogP contribution in [0.1, 0.15) is 42.0 Å². The molecular weight excluding hydrogens is 411 g/mol. The largest absolute Gasteiger partial charge is 0.433 e. The molecule has 0 N–H and O–H groups in total. The average molecular weight is 439 g/mol. The highest BCUT2D eigenvalue weighted by atomic mass is 19.4. The van der Waals surface area contributed by atoms with Gasteiger partial charge in [-0.2, -0.15) is 13.2 Å². The molecule has 2 saturated heterocycles. The lowest BCUT2D eigenvalue weighted by Crippen LogP contribution is -2.54. The SMILES string of the molecule is Cc1nc2c(c(C(F)(F)F)n1)C[C@@H](C(=O)N1CCC[C@H]1C(=O)N1CCN(C)CC1)CC2. The van der Waals surface area contributed by atoms with Crippen molar-refractivity contribution in [3.8, 4) is 0 Å². The van der Waals surface area contributed by atoms with Gasteiger partial charge in [-0.25, -0.2) is 9.97 Å². The van der Waals surface area contributed by atoms with Crippen molar-refractivity contribution < 1.29 is 22.8 Å². The zero-order valence-electron chi connectivity index (χ0n) is 17.9. The summed E-state index contributed by atoms with van der Waals surface area (Å²) in [6.45, 7) is 4.79. The Morgan fingerprint density at radius 3 is 2.39 bits per heavy atom. The lowest BCUT2D eigenvalue weighted by Gasteiger charge is -2.37. The second kappa shape index (κ2) is 8.37. The van der Waals surface area contributed by atoms with Gasteiger partial charge in [0.25, 0.3) is 0 Å². The summed E-state index contributed by atoms with van der Waals surface area (Å²) < 4.78 is 40.6. The Labute approximate surface area is 179 Å². The molecule has 3 aliphatic rings. The van der Waals surface area contributed by atoms with E-state index in [0.29, 0.717) is 44.6 Å². The first-order chi connectivity index (χ1) is 14.6. The fraction of sp³-hybridized carbons (Fsp3) is 0.714. The highest BCUT2D eigenvalue weighted by molar-refractivity contribution is 5.89. The molecule has 2 fully saturated rings. The number of carbonyl (C=O) groups excluding carboxylic acids is 2. The molecule has 0 radical (unpaired) electrons. The molecule has 2 amide bonds.